The first kappa shape index (κ1) is 25.1. The van der Waals surface area contributed by atoms with Crippen LogP contribution in [0.3, 0.4) is 0 Å². The van der Waals surface area contributed by atoms with Crippen LogP contribution in [0, 0.1) is 6.92 Å². The van der Waals surface area contributed by atoms with Gasteiger partial charge in [-0.05, 0) is 50.1 Å². The minimum Gasteiger partial charge on any atom is -0.485 e. The predicted octanol–water partition coefficient (Wildman–Crippen LogP) is 4.89. The maximum Gasteiger partial charge on any atom is 0.341 e. The summed E-state index contributed by atoms with van der Waals surface area (Å²) in [5, 5.41) is 12.9. The first-order valence-corrected chi connectivity index (χ1v) is 12.5. The number of benzene rings is 1. The maximum atomic E-state index is 12.5. The molecule has 0 aliphatic carbocycles. The number of nitrogens with zero attached hydrogens (tertiary/aromatic N) is 3. The van der Waals surface area contributed by atoms with Gasteiger partial charge in [0.05, 0.1) is 17.9 Å². The molecule has 1 aromatic carbocycles. The van der Waals surface area contributed by atoms with Gasteiger partial charge in [0.2, 0.25) is 5.91 Å². The molecule has 0 aliphatic rings. The van der Waals surface area contributed by atoms with Crippen molar-refractivity contribution in [1.29, 1.82) is 0 Å². The van der Waals surface area contributed by atoms with Gasteiger partial charge in [-0.1, -0.05) is 30.3 Å². The van der Waals surface area contributed by atoms with Crippen LogP contribution < -0.4 is 10.1 Å². The second-order valence-corrected chi connectivity index (χ2v) is 9.54. The molecule has 0 aliphatic heterocycles. The molecule has 3 rings (SSSR count). The molecular weight excluding hydrogens is 484 g/mol. The Morgan fingerprint density at radius 2 is 2.03 bits per heavy atom. The number of aryl methyl sites for hydroxylation is 2. The molecule has 2 heterocycles. The molecular formula is C22H25ClN4O4S2. The second-order valence-electron chi connectivity index (χ2n) is 7.02. The lowest BCUT2D eigenvalue weighted by Crippen LogP contribution is -2.16. The van der Waals surface area contributed by atoms with Gasteiger partial charge in [-0.15, -0.1) is 21.5 Å². The molecule has 2 aromatic heterocycles. The lowest BCUT2D eigenvalue weighted by molar-refractivity contribution is -0.113. The van der Waals surface area contributed by atoms with Crippen molar-refractivity contribution < 1.29 is 19.1 Å². The Morgan fingerprint density at radius 1 is 1.24 bits per heavy atom. The zero-order chi connectivity index (χ0) is 24.0. The summed E-state index contributed by atoms with van der Waals surface area (Å²) in [6.07, 6.45) is 0.765. The van der Waals surface area contributed by atoms with E-state index in [1.807, 2.05) is 33.0 Å². The van der Waals surface area contributed by atoms with Gasteiger partial charge in [0, 0.05) is 16.9 Å². The van der Waals surface area contributed by atoms with Crippen LogP contribution in [0.5, 0.6) is 5.75 Å². The lowest BCUT2D eigenvalue weighted by atomic mass is 10.2. The number of carbonyl (C=O) groups is 2. The van der Waals surface area contributed by atoms with E-state index in [9.17, 15) is 9.59 Å². The summed E-state index contributed by atoms with van der Waals surface area (Å²) >= 11 is 8.61. The highest BCUT2D eigenvalue weighted by Crippen LogP contribution is 2.30. The fraction of sp³-hybridized carbons (Fsp3) is 0.364. The quantitative estimate of drug-likeness (QED) is 0.308. The van der Waals surface area contributed by atoms with E-state index in [0.29, 0.717) is 26.6 Å². The number of aromatic nitrogens is 3. The molecule has 1 amide bonds. The Labute approximate surface area is 205 Å². The van der Waals surface area contributed by atoms with Crippen molar-refractivity contribution in [3.63, 3.8) is 0 Å². The van der Waals surface area contributed by atoms with Crippen LogP contribution in [0.2, 0.25) is 5.02 Å². The fourth-order valence-electron chi connectivity index (χ4n) is 2.88. The van der Waals surface area contributed by atoms with Crippen molar-refractivity contribution in [1.82, 2.24) is 14.8 Å². The molecule has 0 atom stereocenters. The number of carbonyl (C=O) groups excluding carboxylic acids is 2. The first-order valence-electron chi connectivity index (χ1n) is 10.3. The number of anilines is 1. The van der Waals surface area contributed by atoms with Crippen LogP contribution in [0.25, 0.3) is 0 Å². The summed E-state index contributed by atoms with van der Waals surface area (Å²) in [6.45, 7) is 6.16. The normalized spacial score (nSPS) is 10.8. The standard InChI is InChI=1S/C22H25ClN4O4S2/c1-5-15-10-16(21(29)30-6-2)20(33-15)24-19(28)12-32-22-26-25-18(27(22)4)11-31-17-8-7-14(23)9-13(17)3/h7-10H,5-6,11-12H2,1-4H3,(H,24,28). The van der Waals surface area contributed by atoms with Gasteiger partial charge in [0.15, 0.2) is 11.0 Å². The topological polar surface area (TPSA) is 95.3 Å². The van der Waals surface area contributed by atoms with Crippen LogP contribution in [0.1, 0.15) is 40.5 Å². The Balaban J connectivity index is 1.58. The van der Waals surface area contributed by atoms with E-state index in [1.165, 1.54) is 23.1 Å². The molecule has 0 saturated heterocycles. The lowest BCUT2D eigenvalue weighted by Gasteiger charge is -2.09. The van der Waals surface area contributed by atoms with Crippen LogP contribution in [0.4, 0.5) is 5.00 Å². The first-order chi connectivity index (χ1) is 15.8. The van der Waals surface area contributed by atoms with E-state index < -0.39 is 5.97 Å². The number of rotatable bonds is 10. The Morgan fingerprint density at radius 3 is 2.73 bits per heavy atom. The van der Waals surface area contributed by atoms with Crippen LogP contribution in [-0.2, 0) is 29.6 Å². The maximum absolute atomic E-state index is 12.5. The van der Waals surface area contributed by atoms with Gasteiger partial charge in [-0.3, -0.25) is 4.79 Å². The largest absolute Gasteiger partial charge is 0.485 e. The molecule has 3 aromatic rings. The molecule has 0 bridgehead atoms. The molecule has 0 radical (unpaired) electrons. The molecule has 33 heavy (non-hydrogen) atoms. The Hall–Kier alpha value is -2.56. The highest BCUT2D eigenvalue weighted by molar-refractivity contribution is 7.99. The van der Waals surface area contributed by atoms with E-state index >= 15 is 0 Å². The summed E-state index contributed by atoms with van der Waals surface area (Å²) < 4.78 is 12.7. The molecule has 0 saturated carbocycles. The average Bonchev–Trinajstić information content (AvgIpc) is 3.35. The van der Waals surface area contributed by atoms with Crippen LogP contribution in [-0.4, -0.2) is 39.0 Å². The smallest absolute Gasteiger partial charge is 0.341 e. The molecule has 176 valence electrons. The van der Waals surface area contributed by atoms with Gasteiger partial charge in [-0.2, -0.15) is 0 Å². The fourth-order valence-corrected chi connectivity index (χ4v) is 4.83. The third-order valence-corrected chi connectivity index (χ3v) is 7.08. The number of amides is 1. The van der Waals surface area contributed by atoms with E-state index in [4.69, 9.17) is 21.1 Å². The Bertz CT molecular complexity index is 1150. The molecule has 0 unspecified atom stereocenters. The minimum absolute atomic E-state index is 0.116. The van der Waals surface area contributed by atoms with Crippen molar-refractivity contribution in [2.24, 2.45) is 7.05 Å². The second kappa shape index (κ2) is 11.5. The van der Waals surface area contributed by atoms with Gasteiger partial charge in [-0.25, -0.2) is 4.79 Å². The molecule has 11 heteroatoms. The van der Waals surface area contributed by atoms with E-state index in [2.05, 4.69) is 15.5 Å². The third-order valence-electron chi connectivity index (χ3n) is 4.63. The number of thioether (sulfide) groups is 1. The average molecular weight is 509 g/mol. The number of hydrogen-bond donors (Lipinski definition) is 1. The Kier molecular flexibility index (Phi) is 8.76. The number of ether oxygens (including phenoxy) is 2. The number of nitrogens with one attached hydrogen (secondary N) is 1. The van der Waals surface area contributed by atoms with Crippen molar-refractivity contribution in [3.8, 4) is 5.75 Å². The molecule has 0 spiro atoms. The summed E-state index contributed by atoms with van der Waals surface area (Å²) in [4.78, 5) is 25.7. The third kappa shape index (κ3) is 6.49. The van der Waals surface area contributed by atoms with Gasteiger partial charge in [0.1, 0.15) is 17.4 Å². The van der Waals surface area contributed by atoms with Gasteiger partial charge in [0.25, 0.3) is 0 Å². The summed E-state index contributed by atoms with van der Waals surface area (Å²) in [5.74, 6) is 0.779. The number of esters is 1. The highest BCUT2D eigenvalue weighted by atomic mass is 35.5. The highest BCUT2D eigenvalue weighted by Gasteiger charge is 2.19. The SMILES string of the molecule is CCOC(=O)c1cc(CC)sc1NC(=O)CSc1nnc(COc2ccc(Cl)cc2C)n1C. The van der Waals surface area contributed by atoms with Crippen LogP contribution in [0.15, 0.2) is 29.4 Å². The van der Waals surface area contributed by atoms with Crippen molar-refractivity contribution >= 4 is 51.6 Å². The molecule has 8 nitrogen and oxygen atoms in total. The minimum atomic E-state index is -0.440. The zero-order valence-electron chi connectivity index (χ0n) is 18.8. The van der Waals surface area contributed by atoms with Gasteiger partial charge >= 0.3 is 5.97 Å². The van der Waals surface area contributed by atoms with Crippen molar-refractivity contribution in [3.05, 3.63) is 51.1 Å². The van der Waals surface area contributed by atoms with Crippen LogP contribution >= 0.6 is 34.7 Å². The molecule has 0 fully saturated rings. The van der Waals surface area contributed by atoms with Crippen molar-refractivity contribution in [2.45, 2.75) is 39.0 Å². The van der Waals surface area contributed by atoms with E-state index in [0.717, 1.165) is 22.6 Å². The van der Waals surface area contributed by atoms with E-state index in [-0.39, 0.29) is 24.9 Å². The van der Waals surface area contributed by atoms with E-state index in [1.54, 1.807) is 23.6 Å². The predicted molar refractivity (Wildman–Crippen MR) is 131 cm³/mol. The summed E-state index contributed by atoms with van der Waals surface area (Å²) in [7, 11) is 1.82. The monoisotopic (exact) mass is 508 g/mol. The van der Waals surface area contributed by atoms with Crippen molar-refractivity contribution in [2.75, 3.05) is 17.7 Å². The number of hydrogen-bond acceptors (Lipinski definition) is 8. The molecule has 1 N–H and O–H groups in total. The number of thiophene rings is 1. The summed E-state index contributed by atoms with van der Waals surface area (Å²) in [6, 6.07) is 7.18. The summed E-state index contributed by atoms with van der Waals surface area (Å²) in [5.41, 5.74) is 1.31. The number of halogens is 1. The zero-order valence-corrected chi connectivity index (χ0v) is 21.2. The van der Waals surface area contributed by atoms with Gasteiger partial charge < -0.3 is 19.4 Å².